The zero-order valence-corrected chi connectivity index (χ0v) is 13.0. The molecule has 0 aliphatic rings. The van der Waals surface area contributed by atoms with E-state index in [1.54, 1.807) is 7.11 Å². The molecular formula is C15H18ClN3O2. The number of nitrogens with zero attached hydrogens (tertiary/aromatic N) is 1. The first-order chi connectivity index (χ1) is 9.95. The minimum atomic E-state index is -0.406. The number of methoxy groups -OCH3 is 1. The number of nitrogens with one attached hydrogen (secondary N) is 2. The first-order valence-corrected chi connectivity index (χ1v) is 6.94. The molecule has 5 nitrogen and oxygen atoms in total. The zero-order chi connectivity index (χ0) is 15.5. The summed E-state index contributed by atoms with van der Waals surface area (Å²) in [7, 11) is 1.65. The van der Waals surface area contributed by atoms with Crippen molar-refractivity contribution < 1.29 is 4.74 Å². The van der Waals surface area contributed by atoms with Gasteiger partial charge in [0, 0.05) is 17.5 Å². The Balaban J connectivity index is 2.21. The fourth-order valence-corrected chi connectivity index (χ4v) is 2.28. The molecule has 1 heterocycles. The van der Waals surface area contributed by atoms with Crippen LogP contribution in [0, 0.1) is 0 Å². The van der Waals surface area contributed by atoms with E-state index in [1.807, 2.05) is 24.3 Å². The fourth-order valence-electron chi connectivity index (χ4n) is 2.12. The average Bonchev–Trinajstić information content (AvgIpc) is 2.48. The SMILES string of the molecule is COc1ccccc1C(C)(C)CNc1cn[nH]c(=O)c1Cl. The molecule has 0 atom stereocenters. The van der Waals surface area contributed by atoms with Crippen molar-refractivity contribution in [2.75, 3.05) is 19.0 Å². The standard InChI is InChI=1S/C15H18ClN3O2/c1-15(2,10-6-4-5-7-12(10)21-3)9-17-11-8-18-19-14(20)13(11)16/h4-8H,9H2,1-3H3,(H2,17,19,20). The normalized spacial score (nSPS) is 11.2. The maximum absolute atomic E-state index is 11.4. The molecule has 0 spiro atoms. The van der Waals surface area contributed by atoms with Crippen molar-refractivity contribution >= 4 is 17.3 Å². The van der Waals surface area contributed by atoms with E-state index in [4.69, 9.17) is 16.3 Å². The van der Waals surface area contributed by atoms with Crippen LogP contribution in [0.25, 0.3) is 0 Å². The molecule has 0 aliphatic heterocycles. The van der Waals surface area contributed by atoms with Gasteiger partial charge in [0.05, 0.1) is 19.0 Å². The van der Waals surface area contributed by atoms with Gasteiger partial charge in [-0.05, 0) is 6.07 Å². The van der Waals surface area contributed by atoms with E-state index in [2.05, 4.69) is 29.4 Å². The van der Waals surface area contributed by atoms with Crippen molar-refractivity contribution in [3.63, 3.8) is 0 Å². The molecule has 0 saturated heterocycles. The lowest BCUT2D eigenvalue weighted by Crippen LogP contribution is -2.29. The van der Waals surface area contributed by atoms with Crippen molar-refractivity contribution in [3.05, 3.63) is 51.4 Å². The number of H-pyrrole nitrogens is 1. The van der Waals surface area contributed by atoms with E-state index in [9.17, 15) is 4.79 Å². The molecule has 2 rings (SSSR count). The van der Waals surface area contributed by atoms with Gasteiger partial charge >= 0.3 is 0 Å². The maximum Gasteiger partial charge on any atom is 0.285 e. The van der Waals surface area contributed by atoms with E-state index in [0.29, 0.717) is 12.2 Å². The van der Waals surface area contributed by atoms with Crippen molar-refractivity contribution in [2.24, 2.45) is 0 Å². The third-order valence-electron chi connectivity index (χ3n) is 3.35. The molecule has 2 N–H and O–H groups in total. The summed E-state index contributed by atoms with van der Waals surface area (Å²) < 4.78 is 5.41. The van der Waals surface area contributed by atoms with E-state index < -0.39 is 5.56 Å². The predicted molar refractivity (Wildman–Crippen MR) is 84.4 cm³/mol. The summed E-state index contributed by atoms with van der Waals surface area (Å²) in [5.74, 6) is 0.833. The second kappa shape index (κ2) is 6.18. The molecule has 1 aromatic carbocycles. The number of hydrogen-bond acceptors (Lipinski definition) is 4. The summed E-state index contributed by atoms with van der Waals surface area (Å²) in [5.41, 5.74) is 0.979. The molecule has 21 heavy (non-hydrogen) atoms. The van der Waals surface area contributed by atoms with Gasteiger partial charge in [-0.15, -0.1) is 0 Å². The van der Waals surface area contributed by atoms with E-state index in [0.717, 1.165) is 11.3 Å². The van der Waals surface area contributed by atoms with E-state index in [1.165, 1.54) is 6.20 Å². The lowest BCUT2D eigenvalue weighted by molar-refractivity contribution is 0.395. The highest BCUT2D eigenvalue weighted by atomic mass is 35.5. The summed E-state index contributed by atoms with van der Waals surface area (Å²) in [6.07, 6.45) is 1.50. The van der Waals surface area contributed by atoms with Crippen LogP contribution in [0.15, 0.2) is 35.3 Å². The van der Waals surface area contributed by atoms with Crippen LogP contribution in [0.4, 0.5) is 5.69 Å². The van der Waals surface area contributed by atoms with Gasteiger partial charge in [0.1, 0.15) is 10.8 Å². The van der Waals surface area contributed by atoms with Crippen LogP contribution in [-0.2, 0) is 5.41 Å². The van der Waals surface area contributed by atoms with Crippen LogP contribution in [-0.4, -0.2) is 23.9 Å². The number of halogens is 1. The Morgan fingerprint density at radius 1 is 1.38 bits per heavy atom. The summed E-state index contributed by atoms with van der Waals surface area (Å²) in [4.78, 5) is 11.4. The molecule has 0 aliphatic carbocycles. The number of rotatable bonds is 5. The summed E-state index contributed by atoms with van der Waals surface area (Å²) >= 11 is 5.96. The third-order valence-corrected chi connectivity index (χ3v) is 3.73. The zero-order valence-electron chi connectivity index (χ0n) is 12.2. The number of anilines is 1. The smallest absolute Gasteiger partial charge is 0.285 e. The number of aromatic nitrogens is 2. The van der Waals surface area contributed by atoms with Gasteiger partial charge in [-0.3, -0.25) is 4.79 Å². The minimum Gasteiger partial charge on any atom is -0.496 e. The molecule has 112 valence electrons. The van der Waals surface area contributed by atoms with Crippen molar-refractivity contribution in [1.82, 2.24) is 10.2 Å². The Morgan fingerprint density at radius 2 is 2.10 bits per heavy atom. The van der Waals surface area contributed by atoms with Crippen molar-refractivity contribution in [1.29, 1.82) is 0 Å². The largest absolute Gasteiger partial charge is 0.496 e. The van der Waals surface area contributed by atoms with Crippen LogP contribution >= 0.6 is 11.6 Å². The Labute approximate surface area is 128 Å². The molecule has 0 fully saturated rings. The highest BCUT2D eigenvalue weighted by Crippen LogP contribution is 2.32. The van der Waals surface area contributed by atoms with Crippen molar-refractivity contribution in [3.8, 4) is 5.75 Å². The Hall–Kier alpha value is -2.01. The van der Waals surface area contributed by atoms with Crippen LogP contribution < -0.4 is 15.6 Å². The molecule has 0 saturated carbocycles. The highest BCUT2D eigenvalue weighted by Gasteiger charge is 2.24. The second-order valence-electron chi connectivity index (χ2n) is 5.36. The van der Waals surface area contributed by atoms with Gasteiger partial charge in [0.15, 0.2) is 0 Å². The van der Waals surface area contributed by atoms with Crippen LogP contribution in [0.5, 0.6) is 5.75 Å². The van der Waals surface area contributed by atoms with Crippen LogP contribution in [0.3, 0.4) is 0 Å². The number of ether oxygens (including phenoxy) is 1. The van der Waals surface area contributed by atoms with Crippen LogP contribution in [0.1, 0.15) is 19.4 Å². The fraction of sp³-hybridized carbons (Fsp3) is 0.333. The monoisotopic (exact) mass is 307 g/mol. The van der Waals surface area contributed by atoms with Gasteiger partial charge < -0.3 is 10.1 Å². The van der Waals surface area contributed by atoms with Gasteiger partial charge in [0.25, 0.3) is 5.56 Å². The molecule has 1 aromatic heterocycles. The molecule has 2 aromatic rings. The molecular weight excluding hydrogens is 290 g/mol. The molecule has 0 radical (unpaired) electrons. The number of aromatic amines is 1. The first-order valence-electron chi connectivity index (χ1n) is 6.56. The number of benzene rings is 1. The average molecular weight is 308 g/mol. The topological polar surface area (TPSA) is 67.0 Å². The molecule has 6 heteroatoms. The van der Waals surface area contributed by atoms with Gasteiger partial charge in [-0.25, -0.2) is 5.10 Å². The van der Waals surface area contributed by atoms with E-state index >= 15 is 0 Å². The molecule has 0 amide bonds. The van der Waals surface area contributed by atoms with Gasteiger partial charge in [0.2, 0.25) is 0 Å². The lowest BCUT2D eigenvalue weighted by atomic mass is 9.84. The summed E-state index contributed by atoms with van der Waals surface area (Å²) in [5, 5.41) is 9.32. The quantitative estimate of drug-likeness (QED) is 0.891. The predicted octanol–water partition coefficient (Wildman–Crippen LogP) is 2.82. The minimum absolute atomic E-state index is 0.112. The Bertz CT molecular complexity index is 683. The first kappa shape index (κ1) is 15.4. The number of para-hydroxylation sites is 1. The molecule has 0 unspecified atom stereocenters. The summed E-state index contributed by atoms with van der Waals surface area (Å²) in [6, 6.07) is 7.86. The Morgan fingerprint density at radius 3 is 2.81 bits per heavy atom. The Kier molecular flexibility index (Phi) is 4.53. The van der Waals surface area contributed by atoms with Gasteiger partial charge in [-0.1, -0.05) is 43.6 Å². The van der Waals surface area contributed by atoms with E-state index in [-0.39, 0.29) is 10.4 Å². The highest BCUT2D eigenvalue weighted by molar-refractivity contribution is 6.32. The number of hydrogen-bond donors (Lipinski definition) is 2. The maximum atomic E-state index is 11.4. The second-order valence-corrected chi connectivity index (χ2v) is 5.74. The summed E-state index contributed by atoms with van der Waals surface area (Å²) in [6.45, 7) is 4.76. The third kappa shape index (κ3) is 3.36. The lowest BCUT2D eigenvalue weighted by Gasteiger charge is -2.28. The van der Waals surface area contributed by atoms with Crippen molar-refractivity contribution in [2.45, 2.75) is 19.3 Å². The van der Waals surface area contributed by atoms with Gasteiger partial charge in [-0.2, -0.15) is 5.10 Å². The van der Waals surface area contributed by atoms with Crippen LogP contribution in [0.2, 0.25) is 5.02 Å². The molecule has 0 bridgehead atoms.